The molecule has 5 heteroatoms. The lowest BCUT2D eigenvalue weighted by Gasteiger charge is -2.16. The summed E-state index contributed by atoms with van der Waals surface area (Å²) in [4.78, 5) is 13.0. The molecule has 0 fully saturated rings. The van der Waals surface area contributed by atoms with E-state index in [1.165, 1.54) is 11.3 Å². The number of hydrogen-bond donors (Lipinski definition) is 1. The molecule has 0 saturated heterocycles. The minimum absolute atomic E-state index is 0.0526. The van der Waals surface area contributed by atoms with Crippen molar-refractivity contribution in [3.05, 3.63) is 17.0 Å². The molecular weight excluding hydrogens is 216 g/mol. The van der Waals surface area contributed by atoms with Gasteiger partial charge in [0.1, 0.15) is 0 Å². The van der Waals surface area contributed by atoms with Crippen LogP contribution in [0.2, 0.25) is 0 Å². The second-order valence-electron chi connectivity index (χ2n) is 4.19. The fraction of sp³-hybridized carbons (Fsp3) is 0.667. The molecule has 0 bridgehead atoms. The second-order valence-corrected chi connectivity index (χ2v) is 4.19. The maximum atomic E-state index is 11.4. The summed E-state index contributed by atoms with van der Waals surface area (Å²) in [5.41, 5.74) is 3.52. The van der Waals surface area contributed by atoms with Crippen LogP contribution in [0.25, 0.3) is 0 Å². The maximum absolute atomic E-state index is 11.4. The van der Waals surface area contributed by atoms with E-state index in [9.17, 15) is 4.79 Å². The van der Waals surface area contributed by atoms with Gasteiger partial charge in [0, 0.05) is 32.9 Å². The average molecular weight is 238 g/mol. The molecule has 96 valence electrons. The third kappa shape index (κ3) is 2.99. The van der Waals surface area contributed by atoms with E-state index < -0.39 is 0 Å². The van der Waals surface area contributed by atoms with Gasteiger partial charge in [-0.05, 0) is 32.8 Å². The Hall–Kier alpha value is -1.52. The molecule has 5 nitrogen and oxygen atoms in total. The summed E-state index contributed by atoms with van der Waals surface area (Å²) >= 11 is 0. The van der Waals surface area contributed by atoms with E-state index >= 15 is 0 Å². The van der Waals surface area contributed by atoms with E-state index in [4.69, 9.17) is 0 Å². The van der Waals surface area contributed by atoms with Gasteiger partial charge in [-0.2, -0.15) is 5.10 Å². The minimum atomic E-state index is -0.0526. The summed E-state index contributed by atoms with van der Waals surface area (Å²) < 4.78 is 2.00. The highest BCUT2D eigenvalue weighted by Gasteiger charge is 2.12. The maximum Gasteiger partial charge on any atom is 0.316 e. The van der Waals surface area contributed by atoms with E-state index in [-0.39, 0.29) is 6.03 Å². The number of hydrogen-bond acceptors (Lipinski definition) is 2. The van der Waals surface area contributed by atoms with Crippen molar-refractivity contribution < 1.29 is 4.79 Å². The van der Waals surface area contributed by atoms with Gasteiger partial charge in [-0.1, -0.05) is 0 Å². The molecule has 0 spiro atoms. The standard InChI is InChI=1S/C12H22N4O/c1-6-16-10(3)11(9(2)14-16)7-8-15(5)12(17)13-4/h6-8H2,1-5H3,(H,13,17). The quantitative estimate of drug-likeness (QED) is 0.860. The molecule has 0 saturated carbocycles. The lowest BCUT2D eigenvalue weighted by atomic mass is 10.1. The highest BCUT2D eigenvalue weighted by atomic mass is 16.2. The molecular formula is C12H22N4O. The Labute approximate surface area is 103 Å². The number of amides is 2. The molecule has 17 heavy (non-hydrogen) atoms. The number of nitrogens with one attached hydrogen (secondary N) is 1. The van der Waals surface area contributed by atoms with Crippen LogP contribution >= 0.6 is 0 Å². The first-order valence-corrected chi connectivity index (χ1v) is 5.97. The molecule has 2 amide bonds. The van der Waals surface area contributed by atoms with E-state index in [0.717, 1.165) is 18.7 Å². The van der Waals surface area contributed by atoms with Gasteiger partial charge < -0.3 is 10.2 Å². The first kappa shape index (κ1) is 13.5. The van der Waals surface area contributed by atoms with Gasteiger partial charge in [0.2, 0.25) is 0 Å². The Balaban J connectivity index is 2.69. The third-order valence-corrected chi connectivity index (χ3v) is 3.09. The molecule has 0 unspecified atom stereocenters. The SMILES string of the molecule is CCn1nc(C)c(CCN(C)C(=O)NC)c1C. The van der Waals surface area contributed by atoms with Crippen molar-refractivity contribution >= 4 is 6.03 Å². The van der Waals surface area contributed by atoms with Gasteiger partial charge in [-0.15, -0.1) is 0 Å². The highest BCUT2D eigenvalue weighted by Crippen LogP contribution is 2.13. The Morgan fingerprint density at radius 3 is 2.59 bits per heavy atom. The lowest BCUT2D eigenvalue weighted by molar-refractivity contribution is 0.211. The van der Waals surface area contributed by atoms with Crippen molar-refractivity contribution in [2.75, 3.05) is 20.6 Å². The molecule has 1 heterocycles. The Bertz CT molecular complexity index is 397. The molecule has 0 aliphatic rings. The van der Waals surface area contributed by atoms with E-state index in [2.05, 4.69) is 24.3 Å². The molecule has 0 aliphatic carbocycles. The molecule has 1 rings (SSSR count). The van der Waals surface area contributed by atoms with Gasteiger partial charge >= 0.3 is 6.03 Å². The molecule has 1 N–H and O–H groups in total. The molecule has 0 aliphatic heterocycles. The predicted octanol–water partition coefficient (Wildman–Crippen LogP) is 1.33. The van der Waals surface area contributed by atoms with Crippen LogP contribution in [0, 0.1) is 13.8 Å². The summed E-state index contributed by atoms with van der Waals surface area (Å²) in [7, 11) is 3.44. The van der Waals surface area contributed by atoms with Crippen LogP contribution < -0.4 is 5.32 Å². The fourth-order valence-corrected chi connectivity index (χ4v) is 1.98. The van der Waals surface area contributed by atoms with Crippen molar-refractivity contribution in [2.45, 2.75) is 33.7 Å². The van der Waals surface area contributed by atoms with Crippen molar-refractivity contribution in [3.8, 4) is 0 Å². The van der Waals surface area contributed by atoms with Gasteiger partial charge in [0.15, 0.2) is 0 Å². The number of likely N-dealkylation sites (N-methyl/N-ethyl adjacent to an activating group) is 1. The molecule has 0 radical (unpaired) electrons. The van der Waals surface area contributed by atoms with E-state index in [0.29, 0.717) is 6.54 Å². The van der Waals surface area contributed by atoms with Crippen LogP contribution in [0.3, 0.4) is 0 Å². The normalized spacial score (nSPS) is 10.4. The summed E-state index contributed by atoms with van der Waals surface area (Å²) in [6, 6.07) is -0.0526. The largest absolute Gasteiger partial charge is 0.341 e. The van der Waals surface area contributed by atoms with Gasteiger partial charge in [0.05, 0.1) is 5.69 Å². The highest BCUT2D eigenvalue weighted by molar-refractivity contribution is 5.73. The van der Waals surface area contributed by atoms with Crippen LogP contribution in [-0.2, 0) is 13.0 Å². The second kappa shape index (κ2) is 5.70. The average Bonchev–Trinajstić information content (AvgIpc) is 2.60. The van der Waals surface area contributed by atoms with Crippen molar-refractivity contribution in [2.24, 2.45) is 0 Å². The van der Waals surface area contributed by atoms with Gasteiger partial charge in [0.25, 0.3) is 0 Å². The number of rotatable bonds is 4. The first-order chi connectivity index (χ1) is 8.01. The summed E-state index contributed by atoms with van der Waals surface area (Å²) in [6.45, 7) is 7.78. The molecule has 1 aromatic heterocycles. The Morgan fingerprint density at radius 1 is 1.47 bits per heavy atom. The summed E-state index contributed by atoms with van der Waals surface area (Å²) in [5, 5.41) is 7.08. The monoisotopic (exact) mass is 238 g/mol. The zero-order valence-electron chi connectivity index (χ0n) is 11.4. The van der Waals surface area contributed by atoms with E-state index in [1.54, 1.807) is 19.0 Å². The zero-order chi connectivity index (χ0) is 13.0. The molecule has 1 aromatic rings. The predicted molar refractivity (Wildman–Crippen MR) is 68.2 cm³/mol. The minimum Gasteiger partial charge on any atom is -0.341 e. The number of carbonyl (C=O) groups excluding carboxylic acids is 1. The van der Waals surface area contributed by atoms with Gasteiger partial charge in [-0.25, -0.2) is 4.79 Å². The third-order valence-electron chi connectivity index (χ3n) is 3.09. The number of aromatic nitrogens is 2. The van der Waals surface area contributed by atoms with Crippen molar-refractivity contribution in [3.63, 3.8) is 0 Å². The molecule has 0 aromatic carbocycles. The summed E-state index contributed by atoms with van der Waals surface area (Å²) in [6.07, 6.45) is 0.849. The fourth-order valence-electron chi connectivity index (χ4n) is 1.98. The summed E-state index contributed by atoms with van der Waals surface area (Å²) in [5.74, 6) is 0. The van der Waals surface area contributed by atoms with Crippen LogP contribution in [0.4, 0.5) is 4.79 Å². The smallest absolute Gasteiger partial charge is 0.316 e. The Morgan fingerprint density at radius 2 is 2.12 bits per heavy atom. The van der Waals surface area contributed by atoms with Gasteiger partial charge in [-0.3, -0.25) is 4.68 Å². The van der Waals surface area contributed by atoms with Crippen LogP contribution in [0.5, 0.6) is 0 Å². The van der Waals surface area contributed by atoms with Crippen LogP contribution in [-0.4, -0.2) is 41.4 Å². The number of nitrogens with zero attached hydrogens (tertiary/aromatic N) is 3. The molecule has 0 atom stereocenters. The van der Waals surface area contributed by atoms with Crippen LogP contribution in [0.15, 0.2) is 0 Å². The van der Waals surface area contributed by atoms with Crippen LogP contribution in [0.1, 0.15) is 23.9 Å². The number of carbonyl (C=O) groups is 1. The number of aryl methyl sites for hydroxylation is 2. The van der Waals surface area contributed by atoms with Crippen molar-refractivity contribution in [1.82, 2.24) is 20.0 Å². The lowest BCUT2D eigenvalue weighted by Crippen LogP contribution is -2.36. The van der Waals surface area contributed by atoms with E-state index in [1.807, 2.05) is 11.6 Å². The zero-order valence-corrected chi connectivity index (χ0v) is 11.4. The number of urea groups is 1. The Kier molecular flexibility index (Phi) is 4.54. The van der Waals surface area contributed by atoms with Crippen molar-refractivity contribution in [1.29, 1.82) is 0 Å². The first-order valence-electron chi connectivity index (χ1n) is 5.97. The topological polar surface area (TPSA) is 50.2 Å².